The molecule has 2 unspecified atom stereocenters. The predicted octanol–water partition coefficient (Wildman–Crippen LogP) is 4.24. The third-order valence-corrected chi connectivity index (χ3v) is 9.81. The van der Waals surface area contributed by atoms with Crippen molar-refractivity contribution in [2.24, 2.45) is 50.8 Å². The van der Waals surface area contributed by atoms with E-state index in [1.165, 1.54) is 0 Å². The van der Waals surface area contributed by atoms with Crippen molar-refractivity contribution in [2.45, 2.75) is 91.2 Å². The summed E-state index contributed by atoms with van der Waals surface area (Å²) in [5, 5.41) is 3.61. The summed E-state index contributed by atoms with van der Waals surface area (Å²) in [5.74, 6) is 1.65. The summed E-state index contributed by atoms with van der Waals surface area (Å²) in [6.45, 7) is 8.38. The largest absolute Gasteiger partial charge is 0.462 e. The first kappa shape index (κ1) is 21.9. The highest BCUT2D eigenvalue weighted by Crippen LogP contribution is 2.66. The Morgan fingerprint density at radius 1 is 1.13 bits per heavy atom. The molecule has 0 heterocycles. The molecule has 0 aliphatic heterocycles. The van der Waals surface area contributed by atoms with Crippen molar-refractivity contribution in [1.82, 2.24) is 0 Å². The van der Waals surface area contributed by atoms with Gasteiger partial charge in [0.05, 0.1) is 11.5 Å². The molecular weight excluding hydrogens is 380 g/mol. The zero-order valence-electron chi connectivity index (χ0n) is 19.0. The maximum Gasteiger partial charge on any atom is 0.313 e. The minimum Gasteiger partial charge on any atom is -0.462 e. The van der Waals surface area contributed by atoms with E-state index in [2.05, 4.69) is 19.0 Å². The van der Waals surface area contributed by atoms with Crippen LogP contribution >= 0.6 is 0 Å². The monoisotopic (exact) mass is 418 g/mol. The van der Waals surface area contributed by atoms with Crippen molar-refractivity contribution in [3.63, 3.8) is 0 Å². The van der Waals surface area contributed by atoms with E-state index in [0.29, 0.717) is 36.4 Å². The summed E-state index contributed by atoms with van der Waals surface area (Å²) < 4.78 is 5.86. The number of carbonyl (C=O) groups excluding carboxylic acids is 2. The Bertz CT molecular complexity index is 737. The minimum atomic E-state index is -0.691. The molecular formula is C24H38N2O4. The van der Waals surface area contributed by atoms with E-state index in [1.807, 2.05) is 13.8 Å². The van der Waals surface area contributed by atoms with E-state index >= 15 is 0 Å². The summed E-state index contributed by atoms with van der Waals surface area (Å²) in [6, 6.07) is -0.252. The molecule has 4 saturated carbocycles. The van der Waals surface area contributed by atoms with Crippen LogP contribution in [0.25, 0.3) is 0 Å². The average Bonchev–Trinajstić information content (AvgIpc) is 3.02. The van der Waals surface area contributed by atoms with Crippen LogP contribution in [0.4, 0.5) is 0 Å². The van der Waals surface area contributed by atoms with Crippen molar-refractivity contribution >= 4 is 11.8 Å². The van der Waals surface area contributed by atoms with Gasteiger partial charge >= 0.3 is 5.97 Å². The van der Waals surface area contributed by atoms with Crippen molar-refractivity contribution in [1.29, 1.82) is 0 Å². The Balaban J connectivity index is 1.55. The Morgan fingerprint density at radius 3 is 2.53 bits per heavy atom. The van der Waals surface area contributed by atoms with Crippen LogP contribution in [0.1, 0.15) is 79.1 Å². The zero-order chi connectivity index (χ0) is 21.9. The lowest BCUT2D eigenvalue weighted by Gasteiger charge is -2.61. The molecule has 4 rings (SSSR count). The van der Waals surface area contributed by atoms with E-state index in [9.17, 15) is 14.5 Å². The average molecular weight is 419 g/mol. The fourth-order valence-corrected chi connectivity index (χ4v) is 7.65. The SMILES string of the molecule is CC(C)(CN)C(=O)O[C@H]1CC[C@@]2(C)C(C1)C(N=O)C[C@@H]1[C@@H]2CC[C@]2(C)C(=O)CC[C@@H]12. The number of nitrogens with zero attached hydrogens (tertiary/aromatic N) is 1. The molecule has 0 aromatic rings. The van der Waals surface area contributed by atoms with Gasteiger partial charge in [-0.25, -0.2) is 0 Å². The van der Waals surface area contributed by atoms with Gasteiger partial charge < -0.3 is 10.5 Å². The van der Waals surface area contributed by atoms with Crippen LogP contribution in [0.15, 0.2) is 5.18 Å². The summed E-state index contributed by atoms with van der Waals surface area (Å²) in [7, 11) is 0. The second-order valence-electron chi connectivity index (χ2n) is 11.7. The highest BCUT2D eigenvalue weighted by atomic mass is 16.5. The molecule has 0 radical (unpaired) electrons. The molecule has 4 fully saturated rings. The lowest BCUT2D eigenvalue weighted by molar-refractivity contribution is -0.171. The van der Waals surface area contributed by atoms with Gasteiger partial charge in [0.2, 0.25) is 0 Å². The quantitative estimate of drug-likeness (QED) is 0.544. The number of nitroso groups, excluding NO2 is 1. The second kappa shape index (κ2) is 7.39. The fourth-order valence-electron chi connectivity index (χ4n) is 7.65. The van der Waals surface area contributed by atoms with Crippen LogP contribution in [0.5, 0.6) is 0 Å². The third-order valence-electron chi connectivity index (χ3n) is 9.81. The number of ether oxygens (including phenoxy) is 1. The summed E-state index contributed by atoms with van der Waals surface area (Å²) in [6.07, 6.45) is 6.81. The van der Waals surface area contributed by atoms with Crippen LogP contribution < -0.4 is 5.73 Å². The summed E-state index contributed by atoms with van der Waals surface area (Å²) >= 11 is 0. The lowest BCUT2D eigenvalue weighted by Crippen LogP contribution is -2.58. The molecule has 30 heavy (non-hydrogen) atoms. The van der Waals surface area contributed by atoms with Gasteiger partial charge in [0.1, 0.15) is 11.9 Å². The van der Waals surface area contributed by atoms with E-state index in [4.69, 9.17) is 10.5 Å². The number of Topliss-reactive ketones (excluding diaryl/α,β-unsaturated/α-hetero) is 1. The first-order valence-corrected chi connectivity index (χ1v) is 11.8. The molecule has 0 aromatic heterocycles. The van der Waals surface area contributed by atoms with E-state index < -0.39 is 5.41 Å². The molecule has 4 aliphatic rings. The van der Waals surface area contributed by atoms with Crippen LogP contribution in [0.3, 0.4) is 0 Å². The molecule has 168 valence electrons. The van der Waals surface area contributed by atoms with Crippen molar-refractivity contribution in [3.8, 4) is 0 Å². The van der Waals surface area contributed by atoms with E-state index in [-0.39, 0.29) is 41.4 Å². The molecule has 6 heteroatoms. The lowest BCUT2D eigenvalue weighted by atomic mass is 9.44. The van der Waals surface area contributed by atoms with Gasteiger partial charge in [-0.15, -0.1) is 0 Å². The smallest absolute Gasteiger partial charge is 0.313 e. The molecule has 4 aliphatic carbocycles. The molecule has 6 nitrogen and oxygen atoms in total. The normalized spacial score (nSPS) is 45.8. The summed E-state index contributed by atoms with van der Waals surface area (Å²) in [4.78, 5) is 37.1. The Morgan fingerprint density at radius 2 is 1.87 bits per heavy atom. The maximum absolute atomic E-state index is 12.6. The van der Waals surface area contributed by atoms with Gasteiger partial charge in [-0.3, -0.25) is 9.59 Å². The maximum atomic E-state index is 12.6. The van der Waals surface area contributed by atoms with Gasteiger partial charge in [0.15, 0.2) is 0 Å². The summed E-state index contributed by atoms with van der Waals surface area (Å²) in [5.41, 5.74) is 4.88. The number of nitrogens with two attached hydrogens (primary N) is 1. The van der Waals surface area contributed by atoms with Gasteiger partial charge in [0.25, 0.3) is 0 Å². The predicted molar refractivity (Wildman–Crippen MR) is 114 cm³/mol. The molecule has 2 N–H and O–H groups in total. The highest BCUT2D eigenvalue weighted by molar-refractivity contribution is 5.87. The number of hydrogen-bond acceptors (Lipinski definition) is 6. The first-order valence-electron chi connectivity index (χ1n) is 11.8. The van der Waals surface area contributed by atoms with Gasteiger partial charge in [0, 0.05) is 18.4 Å². The molecule has 0 aromatic carbocycles. The van der Waals surface area contributed by atoms with E-state index in [1.54, 1.807) is 0 Å². The second-order valence-corrected chi connectivity index (χ2v) is 11.7. The van der Waals surface area contributed by atoms with Gasteiger partial charge in [-0.2, -0.15) is 4.91 Å². The number of carbonyl (C=O) groups is 2. The zero-order valence-corrected chi connectivity index (χ0v) is 19.0. The van der Waals surface area contributed by atoms with Crippen molar-refractivity contribution in [3.05, 3.63) is 4.91 Å². The third kappa shape index (κ3) is 3.16. The van der Waals surface area contributed by atoms with E-state index in [0.717, 1.165) is 38.5 Å². The number of rotatable bonds is 4. The first-order chi connectivity index (χ1) is 14.1. The Hall–Kier alpha value is -1.30. The number of ketones is 1. The molecule has 0 bridgehead atoms. The van der Waals surface area contributed by atoms with Crippen LogP contribution in [-0.4, -0.2) is 30.4 Å². The van der Waals surface area contributed by atoms with Gasteiger partial charge in [-0.05, 0) is 87.9 Å². The van der Waals surface area contributed by atoms with Crippen molar-refractivity contribution < 1.29 is 14.3 Å². The molecule has 8 atom stereocenters. The number of hydrogen-bond donors (Lipinski definition) is 1. The molecule has 0 spiro atoms. The molecule has 0 saturated heterocycles. The van der Waals surface area contributed by atoms with Crippen molar-refractivity contribution in [2.75, 3.05) is 6.54 Å². The number of fused-ring (bicyclic) bond motifs is 5. The standard InChI is InChI=1S/C24H38N2O4/c1-22(2,13-25)21(28)30-14-7-9-23(3)17-8-10-24(4)16(5-6-20(24)27)15(17)12-19(26-29)18(23)11-14/h14-19H,5-13,25H2,1-4H3/t14-,15-,16-,17-,18?,19?,23+,24-/m0/s1. The molecule has 0 amide bonds. The Labute approximate surface area is 180 Å². The van der Waals surface area contributed by atoms with Crippen LogP contribution in [0, 0.1) is 44.8 Å². The fraction of sp³-hybridized carbons (Fsp3) is 0.917. The highest BCUT2D eigenvalue weighted by Gasteiger charge is 2.62. The van der Waals surface area contributed by atoms with Gasteiger partial charge in [-0.1, -0.05) is 19.0 Å². The van der Waals surface area contributed by atoms with Crippen LogP contribution in [0.2, 0.25) is 0 Å². The minimum absolute atomic E-state index is 0.0285. The Kier molecular flexibility index (Phi) is 5.40. The number of esters is 1. The van der Waals surface area contributed by atoms with Crippen LogP contribution in [-0.2, 0) is 14.3 Å². The topological polar surface area (TPSA) is 98.8 Å².